The quantitative estimate of drug-likeness (QED) is 0.750. The van der Waals surface area contributed by atoms with Crippen LogP contribution >= 0.6 is 0 Å². The Morgan fingerprint density at radius 1 is 1.00 bits per heavy atom. The predicted octanol–water partition coefficient (Wildman–Crippen LogP) is 4.26. The summed E-state index contributed by atoms with van der Waals surface area (Å²) in [6, 6.07) is 6.16. The third-order valence-corrected chi connectivity index (χ3v) is 3.59. The normalized spacial score (nSPS) is 11.1. The molecule has 0 aliphatic heterocycles. The van der Waals surface area contributed by atoms with Gasteiger partial charge in [0.1, 0.15) is 5.58 Å². The molecule has 2 heteroatoms. The first kappa shape index (κ1) is 13.9. The highest BCUT2D eigenvalue weighted by molar-refractivity contribution is 5.82. The Labute approximate surface area is 114 Å². The van der Waals surface area contributed by atoms with Crippen LogP contribution in [0.2, 0.25) is 0 Å². The van der Waals surface area contributed by atoms with E-state index in [1.165, 1.54) is 11.1 Å². The minimum absolute atomic E-state index is 0.151. The minimum atomic E-state index is -0.151. The molecule has 2 rings (SSSR count). The van der Waals surface area contributed by atoms with Crippen molar-refractivity contribution in [2.45, 2.75) is 52.9 Å². The van der Waals surface area contributed by atoms with Gasteiger partial charge in [-0.2, -0.15) is 0 Å². The SMILES string of the molecule is CCCc1c(CCC)c2cc(CC)ccc2oc1=O. The molecule has 0 radical (unpaired) electrons. The molecule has 0 fully saturated rings. The molecule has 1 aromatic carbocycles. The molecular weight excluding hydrogens is 236 g/mol. The van der Waals surface area contributed by atoms with Crippen molar-refractivity contribution in [1.29, 1.82) is 0 Å². The molecule has 0 spiro atoms. The van der Waals surface area contributed by atoms with Gasteiger partial charge in [0.2, 0.25) is 0 Å². The molecule has 0 bridgehead atoms. The molecule has 19 heavy (non-hydrogen) atoms. The first-order chi connectivity index (χ1) is 9.21. The molecule has 0 aliphatic rings. The smallest absolute Gasteiger partial charge is 0.339 e. The van der Waals surface area contributed by atoms with E-state index < -0.39 is 0 Å². The lowest BCUT2D eigenvalue weighted by Crippen LogP contribution is -2.12. The predicted molar refractivity (Wildman–Crippen MR) is 79.9 cm³/mol. The largest absolute Gasteiger partial charge is 0.423 e. The van der Waals surface area contributed by atoms with Crippen LogP contribution in [0.4, 0.5) is 0 Å². The zero-order chi connectivity index (χ0) is 13.8. The molecule has 102 valence electrons. The molecule has 0 N–H and O–H groups in total. The number of benzene rings is 1. The standard InChI is InChI=1S/C17H22O2/c1-4-7-13-14(8-5-2)17(18)19-16-10-9-12(6-3)11-15(13)16/h9-11H,4-8H2,1-3H3. The maximum Gasteiger partial charge on any atom is 0.339 e. The molecule has 2 nitrogen and oxygen atoms in total. The fourth-order valence-corrected chi connectivity index (χ4v) is 2.61. The number of hydrogen-bond acceptors (Lipinski definition) is 2. The van der Waals surface area contributed by atoms with Crippen LogP contribution in [-0.2, 0) is 19.3 Å². The van der Waals surface area contributed by atoms with Crippen molar-refractivity contribution in [3.05, 3.63) is 45.3 Å². The van der Waals surface area contributed by atoms with Gasteiger partial charge in [-0.1, -0.05) is 39.7 Å². The third-order valence-electron chi connectivity index (χ3n) is 3.59. The Morgan fingerprint density at radius 3 is 2.32 bits per heavy atom. The Kier molecular flexibility index (Phi) is 4.41. The van der Waals surface area contributed by atoms with E-state index in [1.54, 1.807) is 0 Å². The molecule has 0 aliphatic carbocycles. The molecule has 0 atom stereocenters. The summed E-state index contributed by atoms with van der Waals surface area (Å²) < 4.78 is 5.48. The van der Waals surface area contributed by atoms with Crippen LogP contribution < -0.4 is 5.63 Å². The summed E-state index contributed by atoms with van der Waals surface area (Å²) >= 11 is 0. The molecule has 1 aromatic heterocycles. The van der Waals surface area contributed by atoms with Gasteiger partial charge in [0.25, 0.3) is 0 Å². The average molecular weight is 258 g/mol. The zero-order valence-corrected chi connectivity index (χ0v) is 12.1. The van der Waals surface area contributed by atoms with Crippen LogP contribution in [0.5, 0.6) is 0 Å². The topological polar surface area (TPSA) is 30.2 Å². The minimum Gasteiger partial charge on any atom is -0.423 e. The highest BCUT2D eigenvalue weighted by Gasteiger charge is 2.13. The lowest BCUT2D eigenvalue weighted by molar-refractivity contribution is 0.545. The lowest BCUT2D eigenvalue weighted by Gasteiger charge is -2.11. The molecule has 0 saturated heterocycles. The summed E-state index contributed by atoms with van der Waals surface area (Å²) in [5.74, 6) is 0. The van der Waals surface area contributed by atoms with Crippen LogP contribution in [0, 0.1) is 0 Å². The fraction of sp³-hybridized carbons (Fsp3) is 0.471. The molecular formula is C17H22O2. The highest BCUT2D eigenvalue weighted by Crippen LogP contribution is 2.24. The molecule has 2 aromatic rings. The van der Waals surface area contributed by atoms with Gasteiger partial charge in [-0.3, -0.25) is 0 Å². The van der Waals surface area contributed by atoms with Gasteiger partial charge in [0, 0.05) is 10.9 Å². The van der Waals surface area contributed by atoms with Crippen molar-refractivity contribution in [3.8, 4) is 0 Å². The van der Waals surface area contributed by atoms with Gasteiger partial charge in [0.15, 0.2) is 0 Å². The van der Waals surface area contributed by atoms with Crippen molar-refractivity contribution < 1.29 is 4.42 Å². The molecule has 0 saturated carbocycles. The Bertz CT molecular complexity index is 623. The van der Waals surface area contributed by atoms with E-state index >= 15 is 0 Å². The summed E-state index contributed by atoms with van der Waals surface area (Å²) in [5.41, 5.74) is 3.95. The van der Waals surface area contributed by atoms with Gasteiger partial charge in [-0.05, 0) is 42.5 Å². The second-order valence-corrected chi connectivity index (χ2v) is 5.03. The van der Waals surface area contributed by atoms with Crippen molar-refractivity contribution in [2.75, 3.05) is 0 Å². The Hall–Kier alpha value is -1.57. The summed E-state index contributed by atoms with van der Waals surface area (Å²) in [6.45, 7) is 6.40. The van der Waals surface area contributed by atoms with Crippen LogP contribution in [0.1, 0.15) is 50.3 Å². The van der Waals surface area contributed by atoms with E-state index in [0.717, 1.165) is 48.6 Å². The summed E-state index contributed by atoms with van der Waals surface area (Å²) in [7, 11) is 0. The molecule has 1 heterocycles. The van der Waals surface area contributed by atoms with E-state index in [1.807, 2.05) is 12.1 Å². The molecule has 0 amide bonds. The molecule has 0 unspecified atom stereocenters. The van der Waals surface area contributed by atoms with Crippen molar-refractivity contribution in [3.63, 3.8) is 0 Å². The number of rotatable bonds is 5. The maximum atomic E-state index is 12.1. The first-order valence-electron chi connectivity index (χ1n) is 7.28. The average Bonchev–Trinajstić information content (AvgIpc) is 2.42. The fourth-order valence-electron chi connectivity index (χ4n) is 2.61. The van der Waals surface area contributed by atoms with Crippen LogP contribution in [-0.4, -0.2) is 0 Å². The van der Waals surface area contributed by atoms with E-state index in [2.05, 4.69) is 26.8 Å². The van der Waals surface area contributed by atoms with Gasteiger partial charge in [0.05, 0.1) is 0 Å². The number of fused-ring (bicyclic) bond motifs is 1. The summed E-state index contributed by atoms with van der Waals surface area (Å²) in [5, 5.41) is 1.13. The highest BCUT2D eigenvalue weighted by atomic mass is 16.4. The summed E-state index contributed by atoms with van der Waals surface area (Å²) in [6.07, 6.45) is 4.78. The summed E-state index contributed by atoms with van der Waals surface area (Å²) in [4.78, 5) is 12.1. The maximum absolute atomic E-state index is 12.1. The van der Waals surface area contributed by atoms with Crippen LogP contribution in [0.25, 0.3) is 11.0 Å². The zero-order valence-electron chi connectivity index (χ0n) is 12.1. The second kappa shape index (κ2) is 6.05. The van der Waals surface area contributed by atoms with Crippen LogP contribution in [0.15, 0.2) is 27.4 Å². The number of aryl methyl sites for hydroxylation is 2. The Morgan fingerprint density at radius 2 is 1.68 bits per heavy atom. The van der Waals surface area contributed by atoms with Gasteiger partial charge in [-0.25, -0.2) is 4.79 Å². The van der Waals surface area contributed by atoms with Crippen molar-refractivity contribution in [1.82, 2.24) is 0 Å². The van der Waals surface area contributed by atoms with E-state index in [-0.39, 0.29) is 5.63 Å². The monoisotopic (exact) mass is 258 g/mol. The van der Waals surface area contributed by atoms with E-state index in [0.29, 0.717) is 0 Å². The second-order valence-electron chi connectivity index (χ2n) is 5.03. The third kappa shape index (κ3) is 2.73. The lowest BCUT2D eigenvalue weighted by atomic mass is 9.96. The van der Waals surface area contributed by atoms with Crippen molar-refractivity contribution in [2.24, 2.45) is 0 Å². The van der Waals surface area contributed by atoms with Gasteiger partial charge < -0.3 is 4.42 Å². The van der Waals surface area contributed by atoms with Gasteiger partial charge >= 0.3 is 5.63 Å². The Balaban J connectivity index is 2.75. The van der Waals surface area contributed by atoms with E-state index in [4.69, 9.17) is 4.42 Å². The van der Waals surface area contributed by atoms with Crippen molar-refractivity contribution >= 4 is 11.0 Å². The van der Waals surface area contributed by atoms with Gasteiger partial charge in [-0.15, -0.1) is 0 Å². The number of hydrogen-bond donors (Lipinski definition) is 0. The van der Waals surface area contributed by atoms with E-state index in [9.17, 15) is 4.79 Å². The van der Waals surface area contributed by atoms with Crippen LogP contribution in [0.3, 0.4) is 0 Å². The first-order valence-corrected chi connectivity index (χ1v) is 7.28.